The molecule has 0 unspecified atom stereocenters. The van der Waals surface area contributed by atoms with Gasteiger partial charge in [0.1, 0.15) is 18.2 Å². The molecule has 0 atom stereocenters. The predicted octanol–water partition coefficient (Wildman–Crippen LogP) is 5.53. The maximum atomic E-state index is 6.18. The van der Waals surface area contributed by atoms with Crippen LogP contribution < -0.4 is 14.5 Å². The third-order valence-electron chi connectivity index (χ3n) is 6.78. The zero-order valence-corrected chi connectivity index (χ0v) is 20.9. The van der Waals surface area contributed by atoms with Gasteiger partial charge in [-0.1, -0.05) is 42.5 Å². The number of aromatic nitrogens is 3. The minimum atomic E-state index is 0.516. The van der Waals surface area contributed by atoms with E-state index < -0.39 is 0 Å². The van der Waals surface area contributed by atoms with Crippen LogP contribution in [-0.4, -0.2) is 52.7 Å². The summed E-state index contributed by atoms with van der Waals surface area (Å²) in [6.45, 7) is 4.67. The number of rotatable bonds is 7. The van der Waals surface area contributed by atoms with Crippen LogP contribution in [0, 0.1) is 0 Å². The highest BCUT2D eigenvalue weighted by Gasteiger charge is 2.20. The summed E-state index contributed by atoms with van der Waals surface area (Å²) in [5.41, 5.74) is 5.20. The first kappa shape index (κ1) is 23.1. The molecular weight excluding hydrogens is 460 g/mol. The van der Waals surface area contributed by atoms with Crippen molar-refractivity contribution in [3.05, 3.63) is 109 Å². The Hall–Kier alpha value is -4.36. The molecule has 1 saturated heterocycles. The lowest BCUT2D eigenvalue weighted by Gasteiger charge is -2.35. The summed E-state index contributed by atoms with van der Waals surface area (Å²) < 4.78 is 8.06. The highest BCUT2D eigenvalue weighted by molar-refractivity contribution is 5.78. The molecular formula is C30H30N6O. The van der Waals surface area contributed by atoms with Crippen LogP contribution in [0.25, 0.3) is 5.65 Å². The summed E-state index contributed by atoms with van der Waals surface area (Å²) in [4.78, 5) is 11.5. The predicted molar refractivity (Wildman–Crippen MR) is 148 cm³/mol. The van der Waals surface area contributed by atoms with Crippen molar-refractivity contribution in [3.8, 4) is 5.75 Å². The first-order chi connectivity index (χ1) is 18.2. The number of hydrogen-bond acceptors (Lipinski definition) is 6. The molecule has 1 aliphatic heterocycles. The number of ether oxygens (including phenoxy) is 1. The fraction of sp³-hybridized carbons (Fsp3) is 0.200. The Balaban J connectivity index is 1.39. The molecule has 6 rings (SSSR count). The molecule has 1 aliphatic rings. The Morgan fingerprint density at radius 2 is 1.57 bits per heavy atom. The van der Waals surface area contributed by atoms with Crippen molar-refractivity contribution in [1.82, 2.24) is 19.5 Å². The zero-order chi connectivity index (χ0) is 25.0. The van der Waals surface area contributed by atoms with E-state index in [-0.39, 0.29) is 0 Å². The highest BCUT2D eigenvalue weighted by Crippen LogP contribution is 2.37. The van der Waals surface area contributed by atoms with Gasteiger partial charge in [0, 0.05) is 55.9 Å². The summed E-state index contributed by atoms with van der Waals surface area (Å²) in [5, 5.41) is 4.57. The Morgan fingerprint density at radius 3 is 2.41 bits per heavy atom. The van der Waals surface area contributed by atoms with Gasteiger partial charge in [0.2, 0.25) is 0 Å². The third-order valence-corrected chi connectivity index (χ3v) is 6.78. The lowest BCUT2D eigenvalue weighted by atomic mass is 10.2. The van der Waals surface area contributed by atoms with Crippen LogP contribution in [0.5, 0.6) is 5.75 Å². The Labute approximate surface area is 217 Å². The third kappa shape index (κ3) is 4.99. The van der Waals surface area contributed by atoms with Crippen molar-refractivity contribution in [3.63, 3.8) is 0 Å². The standard InChI is InChI=1S/C30H30N6O/c1-33-17-19-34(20-18-33)25-9-5-10-26(21-25)35(30-14-15-31-29-13-16-32-36(29)30)27-11-6-12-28(22-27)37-23-24-7-3-2-4-8-24/h2-16,21-22H,17-20,23H2,1H3. The monoisotopic (exact) mass is 490 g/mol. The van der Waals surface area contributed by atoms with Crippen molar-refractivity contribution in [2.45, 2.75) is 6.61 Å². The second-order valence-corrected chi connectivity index (χ2v) is 9.32. The zero-order valence-electron chi connectivity index (χ0n) is 20.9. The molecule has 7 heteroatoms. The maximum Gasteiger partial charge on any atom is 0.157 e. The van der Waals surface area contributed by atoms with Gasteiger partial charge in [-0.2, -0.15) is 9.61 Å². The largest absolute Gasteiger partial charge is 0.489 e. The van der Waals surface area contributed by atoms with E-state index in [4.69, 9.17) is 4.74 Å². The summed E-state index contributed by atoms with van der Waals surface area (Å²) in [5.74, 6) is 1.72. The van der Waals surface area contributed by atoms with Crippen molar-refractivity contribution in [2.75, 3.05) is 43.0 Å². The average Bonchev–Trinajstić information content (AvgIpc) is 3.44. The summed E-state index contributed by atoms with van der Waals surface area (Å²) in [7, 11) is 2.18. The minimum Gasteiger partial charge on any atom is -0.489 e. The number of hydrogen-bond donors (Lipinski definition) is 0. The smallest absolute Gasteiger partial charge is 0.157 e. The van der Waals surface area contributed by atoms with E-state index in [0.717, 1.165) is 60.3 Å². The van der Waals surface area contributed by atoms with Crippen LogP contribution in [-0.2, 0) is 6.61 Å². The highest BCUT2D eigenvalue weighted by atomic mass is 16.5. The molecule has 5 aromatic rings. The quantitative estimate of drug-likeness (QED) is 0.299. The number of benzene rings is 3. The van der Waals surface area contributed by atoms with Crippen LogP contribution in [0.4, 0.5) is 22.9 Å². The van der Waals surface area contributed by atoms with E-state index in [0.29, 0.717) is 6.61 Å². The fourth-order valence-electron chi connectivity index (χ4n) is 4.75. The second-order valence-electron chi connectivity index (χ2n) is 9.32. The van der Waals surface area contributed by atoms with Gasteiger partial charge in [0.05, 0.1) is 11.9 Å². The number of likely N-dealkylation sites (N-methyl/N-ethyl adjacent to an activating group) is 1. The Morgan fingerprint density at radius 1 is 0.784 bits per heavy atom. The minimum absolute atomic E-state index is 0.516. The molecule has 0 saturated carbocycles. The molecule has 0 amide bonds. The molecule has 7 nitrogen and oxygen atoms in total. The second kappa shape index (κ2) is 10.3. The molecule has 186 valence electrons. The van der Waals surface area contributed by atoms with Gasteiger partial charge < -0.3 is 14.5 Å². The van der Waals surface area contributed by atoms with Crippen LogP contribution in [0.15, 0.2) is 103 Å². The summed E-state index contributed by atoms with van der Waals surface area (Å²) in [6, 6.07) is 31.1. The molecule has 0 spiro atoms. The summed E-state index contributed by atoms with van der Waals surface area (Å²) in [6.07, 6.45) is 3.61. The van der Waals surface area contributed by atoms with Gasteiger partial charge in [-0.15, -0.1) is 0 Å². The van der Waals surface area contributed by atoms with Gasteiger partial charge in [-0.3, -0.25) is 4.90 Å². The topological polar surface area (TPSA) is 49.1 Å². The van der Waals surface area contributed by atoms with E-state index in [1.54, 1.807) is 6.20 Å². The number of piperazine rings is 1. The normalized spacial score (nSPS) is 14.1. The van der Waals surface area contributed by atoms with Gasteiger partial charge in [-0.05, 0) is 49.0 Å². The van der Waals surface area contributed by atoms with Gasteiger partial charge in [0.25, 0.3) is 0 Å². The Kier molecular flexibility index (Phi) is 6.44. The molecule has 37 heavy (non-hydrogen) atoms. The number of nitrogens with zero attached hydrogens (tertiary/aromatic N) is 6. The summed E-state index contributed by atoms with van der Waals surface area (Å²) >= 11 is 0. The van der Waals surface area contributed by atoms with E-state index in [9.17, 15) is 0 Å². The molecule has 1 fully saturated rings. The molecule has 0 radical (unpaired) electrons. The Bertz CT molecular complexity index is 1480. The van der Waals surface area contributed by atoms with E-state index in [2.05, 4.69) is 80.4 Å². The molecule has 3 heterocycles. The lowest BCUT2D eigenvalue weighted by Crippen LogP contribution is -2.44. The number of anilines is 4. The van der Waals surface area contributed by atoms with E-state index in [1.165, 1.54) is 5.69 Å². The first-order valence-corrected chi connectivity index (χ1v) is 12.6. The maximum absolute atomic E-state index is 6.18. The van der Waals surface area contributed by atoms with Crippen molar-refractivity contribution in [1.29, 1.82) is 0 Å². The average molecular weight is 491 g/mol. The van der Waals surface area contributed by atoms with Crippen LogP contribution in [0.2, 0.25) is 0 Å². The van der Waals surface area contributed by atoms with Crippen molar-refractivity contribution in [2.24, 2.45) is 0 Å². The molecule has 0 N–H and O–H groups in total. The van der Waals surface area contributed by atoms with Gasteiger partial charge >= 0.3 is 0 Å². The molecule has 2 aromatic heterocycles. The first-order valence-electron chi connectivity index (χ1n) is 12.6. The van der Waals surface area contributed by atoms with Crippen molar-refractivity contribution < 1.29 is 4.74 Å². The molecule has 0 bridgehead atoms. The van der Waals surface area contributed by atoms with Crippen LogP contribution in [0.3, 0.4) is 0 Å². The fourth-order valence-corrected chi connectivity index (χ4v) is 4.75. The van der Waals surface area contributed by atoms with E-state index in [1.807, 2.05) is 53.2 Å². The SMILES string of the molecule is CN1CCN(c2cccc(N(c3cccc(OCc4ccccc4)c3)c3ccnc4ccnn34)c2)CC1. The number of fused-ring (bicyclic) bond motifs is 1. The van der Waals surface area contributed by atoms with Crippen molar-refractivity contribution >= 4 is 28.5 Å². The van der Waals surface area contributed by atoms with Gasteiger partial charge in [0.15, 0.2) is 5.65 Å². The molecule has 3 aromatic carbocycles. The molecule has 0 aliphatic carbocycles. The van der Waals surface area contributed by atoms with Gasteiger partial charge in [-0.25, -0.2) is 4.98 Å². The lowest BCUT2D eigenvalue weighted by molar-refractivity contribution is 0.306. The van der Waals surface area contributed by atoms with Crippen LogP contribution in [0.1, 0.15) is 5.56 Å². The van der Waals surface area contributed by atoms with Crippen LogP contribution >= 0.6 is 0 Å². The van der Waals surface area contributed by atoms with E-state index >= 15 is 0 Å².